The van der Waals surface area contributed by atoms with Gasteiger partial charge >= 0.3 is 0 Å². The third-order valence-electron chi connectivity index (χ3n) is 2.66. The molecular weight excluding hydrogens is 223 g/mol. The Bertz CT molecular complexity index is 504. The molecule has 1 aromatic carbocycles. The summed E-state index contributed by atoms with van der Waals surface area (Å²) >= 11 is 1.49. The molecule has 0 spiro atoms. The van der Waals surface area contributed by atoms with Crippen LogP contribution in [0.1, 0.15) is 27.7 Å². The van der Waals surface area contributed by atoms with E-state index in [9.17, 15) is 9.50 Å². The van der Waals surface area contributed by atoms with Gasteiger partial charge in [0.1, 0.15) is 11.9 Å². The summed E-state index contributed by atoms with van der Waals surface area (Å²) in [5, 5.41) is 12.0. The highest BCUT2D eigenvalue weighted by molar-refractivity contribution is 7.10. The number of hydrogen-bond donors (Lipinski definition) is 1. The number of hydrogen-bond acceptors (Lipinski definition) is 2. The van der Waals surface area contributed by atoms with Gasteiger partial charge in [0, 0.05) is 4.88 Å². The zero-order valence-electron chi connectivity index (χ0n) is 9.20. The lowest BCUT2D eigenvalue weighted by Crippen LogP contribution is -2.00. The summed E-state index contributed by atoms with van der Waals surface area (Å²) in [6.45, 7) is 3.65. The lowest BCUT2D eigenvalue weighted by molar-refractivity contribution is 0.223. The minimum absolute atomic E-state index is 0.272. The Morgan fingerprint density at radius 1 is 1.19 bits per heavy atom. The second kappa shape index (κ2) is 4.36. The molecule has 2 aromatic rings. The molecule has 0 saturated heterocycles. The van der Waals surface area contributed by atoms with Crippen LogP contribution < -0.4 is 0 Å². The monoisotopic (exact) mass is 236 g/mol. The van der Waals surface area contributed by atoms with Crippen molar-refractivity contribution < 1.29 is 9.50 Å². The molecular formula is C13H13FOS. The SMILES string of the molecule is Cc1ccc(C(O)c2sccc2C)cc1F. The van der Waals surface area contributed by atoms with Crippen LogP contribution in [0.2, 0.25) is 0 Å². The second-order valence-electron chi connectivity index (χ2n) is 3.88. The fourth-order valence-electron chi connectivity index (χ4n) is 1.60. The topological polar surface area (TPSA) is 20.2 Å². The van der Waals surface area contributed by atoms with Crippen LogP contribution in [0.4, 0.5) is 4.39 Å². The molecule has 1 heterocycles. The standard InChI is InChI=1S/C13H13FOS/c1-8-3-4-10(7-11(8)14)12(15)13-9(2)5-6-16-13/h3-7,12,15H,1-2H3. The van der Waals surface area contributed by atoms with Crippen LogP contribution in [0.5, 0.6) is 0 Å². The maximum Gasteiger partial charge on any atom is 0.126 e. The number of benzene rings is 1. The molecule has 1 unspecified atom stereocenters. The van der Waals surface area contributed by atoms with Gasteiger partial charge in [-0.25, -0.2) is 4.39 Å². The average Bonchev–Trinajstić information content (AvgIpc) is 2.67. The lowest BCUT2D eigenvalue weighted by Gasteiger charge is -2.11. The quantitative estimate of drug-likeness (QED) is 0.845. The van der Waals surface area contributed by atoms with E-state index in [1.807, 2.05) is 18.4 Å². The van der Waals surface area contributed by atoms with Crippen molar-refractivity contribution in [1.29, 1.82) is 0 Å². The molecule has 0 aliphatic heterocycles. The maximum atomic E-state index is 13.4. The van der Waals surface area contributed by atoms with Crippen LogP contribution in [-0.4, -0.2) is 5.11 Å². The number of aryl methyl sites for hydroxylation is 2. The molecule has 1 aromatic heterocycles. The fourth-order valence-corrected chi connectivity index (χ4v) is 2.53. The highest BCUT2D eigenvalue weighted by atomic mass is 32.1. The summed E-state index contributed by atoms with van der Waals surface area (Å²) < 4.78 is 13.4. The highest BCUT2D eigenvalue weighted by Crippen LogP contribution is 2.29. The first-order valence-corrected chi connectivity index (χ1v) is 5.95. The van der Waals surface area contributed by atoms with Crippen molar-refractivity contribution >= 4 is 11.3 Å². The Morgan fingerprint density at radius 2 is 1.94 bits per heavy atom. The van der Waals surface area contributed by atoms with Crippen molar-refractivity contribution in [3.05, 3.63) is 57.0 Å². The Kier molecular flexibility index (Phi) is 3.08. The predicted molar refractivity (Wildman–Crippen MR) is 64.3 cm³/mol. The summed E-state index contributed by atoms with van der Waals surface area (Å²) in [6, 6.07) is 6.81. The van der Waals surface area contributed by atoms with Gasteiger partial charge in [-0.05, 0) is 48.1 Å². The largest absolute Gasteiger partial charge is 0.383 e. The zero-order chi connectivity index (χ0) is 11.7. The average molecular weight is 236 g/mol. The molecule has 84 valence electrons. The predicted octanol–water partition coefficient (Wildman–Crippen LogP) is 3.59. The lowest BCUT2D eigenvalue weighted by atomic mass is 10.0. The summed E-state index contributed by atoms with van der Waals surface area (Å²) in [5.41, 5.74) is 2.24. The molecule has 16 heavy (non-hydrogen) atoms. The number of thiophene rings is 1. The third-order valence-corrected chi connectivity index (χ3v) is 3.73. The molecule has 0 amide bonds. The first-order chi connectivity index (χ1) is 7.59. The van der Waals surface area contributed by atoms with E-state index in [2.05, 4.69) is 0 Å². The van der Waals surface area contributed by atoms with E-state index in [0.29, 0.717) is 11.1 Å². The number of halogens is 1. The van der Waals surface area contributed by atoms with E-state index < -0.39 is 6.10 Å². The van der Waals surface area contributed by atoms with Crippen molar-refractivity contribution in [2.75, 3.05) is 0 Å². The van der Waals surface area contributed by atoms with Gasteiger partial charge in [-0.3, -0.25) is 0 Å². The van der Waals surface area contributed by atoms with Gasteiger partial charge < -0.3 is 5.11 Å². The highest BCUT2D eigenvalue weighted by Gasteiger charge is 2.15. The van der Waals surface area contributed by atoms with Crippen LogP contribution in [0.15, 0.2) is 29.6 Å². The van der Waals surface area contributed by atoms with Crippen molar-refractivity contribution in [2.45, 2.75) is 20.0 Å². The maximum absolute atomic E-state index is 13.4. The van der Waals surface area contributed by atoms with Crippen LogP contribution in [0.3, 0.4) is 0 Å². The third kappa shape index (κ3) is 2.01. The Labute approximate surface area is 98.2 Å². The Balaban J connectivity index is 2.38. The molecule has 0 radical (unpaired) electrons. The second-order valence-corrected chi connectivity index (χ2v) is 4.83. The summed E-state index contributed by atoms with van der Waals surface area (Å²) in [5.74, 6) is -0.272. The van der Waals surface area contributed by atoms with Gasteiger partial charge in [-0.15, -0.1) is 11.3 Å². The minimum Gasteiger partial charge on any atom is -0.383 e. The van der Waals surface area contributed by atoms with E-state index in [4.69, 9.17) is 0 Å². The Hall–Kier alpha value is -1.19. The molecule has 0 aliphatic carbocycles. The van der Waals surface area contributed by atoms with Crippen molar-refractivity contribution in [3.8, 4) is 0 Å². The summed E-state index contributed by atoms with van der Waals surface area (Å²) in [7, 11) is 0. The van der Waals surface area contributed by atoms with Crippen LogP contribution >= 0.6 is 11.3 Å². The molecule has 2 rings (SSSR count). The normalized spacial score (nSPS) is 12.8. The fraction of sp³-hybridized carbons (Fsp3) is 0.231. The number of aliphatic hydroxyl groups excluding tert-OH is 1. The Morgan fingerprint density at radius 3 is 2.50 bits per heavy atom. The molecule has 0 aliphatic rings. The molecule has 1 nitrogen and oxygen atoms in total. The molecule has 0 bridgehead atoms. The summed E-state index contributed by atoms with van der Waals surface area (Å²) in [4.78, 5) is 0.878. The van der Waals surface area contributed by atoms with Gasteiger partial charge in [0.05, 0.1) is 0 Å². The molecule has 1 N–H and O–H groups in total. The smallest absolute Gasteiger partial charge is 0.126 e. The number of rotatable bonds is 2. The van der Waals surface area contributed by atoms with Crippen LogP contribution in [0.25, 0.3) is 0 Å². The first-order valence-electron chi connectivity index (χ1n) is 5.07. The number of aliphatic hydroxyl groups is 1. The van der Waals surface area contributed by atoms with E-state index in [1.54, 1.807) is 19.1 Å². The molecule has 1 atom stereocenters. The van der Waals surface area contributed by atoms with Gasteiger partial charge in [-0.1, -0.05) is 12.1 Å². The van der Waals surface area contributed by atoms with Crippen LogP contribution in [-0.2, 0) is 0 Å². The van der Waals surface area contributed by atoms with E-state index in [1.165, 1.54) is 17.4 Å². The first kappa shape index (κ1) is 11.3. The van der Waals surface area contributed by atoms with Gasteiger partial charge in [-0.2, -0.15) is 0 Å². The van der Waals surface area contributed by atoms with E-state index in [-0.39, 0.29) is 5.82 Å². The van der Waals surface area contributed by atoms with Crippen LogP contribution in [0, 0.1) is 19.7 Å². The zero-order valence-corrected chi connectivity index (χ0v) is 10.0. The van der Waals surface area contributed by atoms with Gasteiger partial charge in [0.15, 0.2) is 0 Å². The molecule has 0 fully saturated rings. The molecule has 3 heteroatoms. The van der Waals surface area contributed by atoms with Crippen molar-refractivity contribution in [1.82, 2.24) is 0 Å². The van der Waals surface area contributed by atoms with E-state index in [0.717, 1.165) is 10.4 Å². The van der Waals surface area contributed by atoms with Crippen molar-refractivity contribution in [2.24, 2.45) is 0 Å². The van der Waals surface area contributed by atoms with Gasteiger partial charge in [0.2, 0.25) is 0 Å². The van der Waals surface area contributed by atoms with Crippen molar-refractivity contribution in [3.63, 3.8) is 0 Å². The minimum atomic E-state index is -0.727. The van der Waals surface area contributed by atoms with Gasteiger partial charge in [0.25, 0.3) is 0 Å². The molecule has 0 saturated carbocycles. The van der Waals surface area contributed by atoms with E-state index >= 15 is 0 Å². The summed E-state index contributed by atoms with van der Waals surface area (Å²) in [6.07, 6.45) is -0.727.